The van der Waals surface area contributed by atoms with Crippen LogP contribution in [0.5, 0.6) is 11.5 Å². The van der Waals surface area contributed by atoms with Crippen LogP contribution in [0.25, 0.3) is 20.2 Å². The Kier molecular flexibility index (Phi) is 6.39. The first-order valence-electron chi connectivity index (χ1n) is 9.73. The minimum absolute atomic E-state index is 0.158. The van der Waals surface area contributed by atoms with E-state index in [0.29, 0.717) is 22.7 Å². The van der Waals surface area contributed by atoms with Crippen LogP contribution in [-0.4, -0.2) is 39.3 Å². The van der Waals surface area contributed by atoms with Gasteiger partial charge in [-0.05, 0) is 36.4 Å². The molecule has 0 radical (unpaired) electrons. The molecule has 36 heavy (non-hydrogen) atoms. The molecule has 0 fully saturated rings. The number of carboxylic acids is 1. The number of amides is 2. The van der Waals surface area contributed by atoms with Crippen LogP contribution >= 0.6 is 22.7 Å². The first-order chi connectivity index (χ1) is 17.0. The number of aliphatic carboxylic acids is 1. The molecule has 0 saturated heterocycles. The number of fused-ring (bicyclic) bond motifs is 2. The number of rotatable bonds is 5. The van der Waals surface area contributed by atoms with Gasteiger partial charge in [0.2, 0.25) is 15.7 Å². The van der Waals surface area contributed by atoms with Gasteiger partial charge in [0.05, 0.1) is 0 Å². The summed E-state index contributed by atoms with van der Waals surface area (Å²) in [7, 11) is 0. The lowest BCUT2D eigenvalue weighted by Crippen LogP contribution is -2.53. The molecular weight excluding hydrogens is 522 g/mol. The molecule has 0 aliphatic heterocycles. The SMILES string of the molecule is O=C(NC(NC(=O)c1c(O)c2cc(F)ccc2sc1=O)C(=O)O)c1c(O)c2cc(F)ccc2sc1=O. The Morgan fingerprint density at radius 2 is 1.14 bits per heavy atom. The smallest absolute Gasteiger partial charge is 0.347 e. The van der Waals surface area contributed by atoms with Crippen molar-refractivity contribution in [3.05, 3.63) is 78.2 Å². The maximum absolute atomic E-state index is 13.6. The van der Waals surface area contributed by atoms with Crippen molar-refractivity contribution < 1.29 is 38.5 Å². The third kappa shape index (κ3) is 4.46. The number of benzene rings is 2. The van der Waals surface area contributed by atoms with E-state index in [-0.39, 0.29) is 20.2 Å². The van der Waals surface area contributed by atoms with Crippen molar-refractivity contribution in [2.45, 2.75) is 6.17 Å². The number of hydrogen-bond acceptors (Lipinski definition) is 9. The highest BCUT2D eigenvalue weighted by atomic mass is 32.1. The zero-order valence-electron chi connectivity index (χ0n) is 17.5. The highest BCUT2D eigenvalue weighted by molar-refractivity contribution is 7.16. The fourth-order valence-electron chi connectivity index (χ4n) is 3.28. The second kappa shape index (κ2) is 9.31. The van der Waals surface area contributed by atoms with Crippen LogP contribution in [0.3, 0.4) is 0 Å². The molecule has 2 aromatic carbocycles. The van der Waals surface area contributed by atoms with Gasteiger partial charge in [-0.1, -0.05) is 22.7 Å². The predicted octanol–water partition coefficient (Wildman–Crippen LogP) is 2.10. The van der Waals surface area contributed by atoms with Crippen LogP contribution < -0.4 is 20.1 Å². The molecule has 0 atom stereocenters. The van der Waals surface area contributed by atoms with Crippen LogP contribution in [-0.2, 0) is 4.79 Å². The monoisotopic (exact) mass is 534 g/mol. The number of halogens is 2. The molecule has 0 spiro atoms. The second-order valence-corrected chi connectivity index (χ2v) is 9.25. The van der Waals surface area contributed by atoms with Gasteiger partial charge >= 0.3 is 5.97 Å². The van der Waals surface area contributed by atoms with Crippen molar-refractivity contribution in [3.8, 4) is 11.5 Å². The largest absolute Gasteiger partial charge is 0.506 e. The van der Waals surface area contributed by atoms with Crippen molar-refractivity contribution in [1.82, 2.24) is 10.6 Å². The Morgan fingerprint density at radius 1 is 0.750 bits per heavy atom. The summed E-state index contributed by atoms with van der Waals surface area (Å²) in [6.07, 6.45) is -2.23. The number of nitrogens with one attached hydrogen (secondary N) is 2. The van der Waals surface area contributed by atoms with Gasteiger partial charge in [-0.2, -0.15) is 0 Å². The molecule has 0 unspecified atom stereocenters. The van der Waals surface area contributed by atoms with Crippen LogP contribution in [0.4, 0.5) is 8.78 Å². The van der Waals surface area contributed by atoms with Crippen LogP contribution in [0.1, 0.15) is 20.7 Å². The van der Waals surface area contributed by atoms with Gasteiger partial charge in [0.15, 0.2) is 0 Å². The summed E-state index contributed by atoms with van der Waals surface area (Å²) in [6, 6.07) is 6.24. The summed E-state index contributed by atoms with van der Waals surface area (Å²) >= 11 is 0.981. The van der Waals surface area contributed by atoms with Gasteiger partial charge in [-0.25, -0.2) is 13.6 Å². The molecule has 2 heterocycles. The Balaban J connectivity index is 1.67. The average Bonchev–Trinajstić information content (AvgIpc) is 2.79. The number of carboxylic acid groups (broad SMARTS) is 1. The highest BCUT2D eigenvalue weighted by Gasteiger charge is 2.29. The Hall–Kier alpha value is -4.43. The molecule has 2 amide bonds. The minimum Gasteiger partial charge on any atom is -0.506 e. The lowest BCUT2D eigenvalue weighted by molar-refractivity contribution is -0.139. The van der Waals surface area contributed by atoms with Crippen molar-refractivity contribution in [2.75, 3.05) is 0 Å². The first-order valence-corrected chi connectivity index (χ1v) is 11.4. The van der Waals surface area contributed by atoms with E-state index < -0.39 is 67.7 Å². The summed E-state index contributed by atoms with van der Waals surface area (Å²) in [5, 5.41) is 33.5. The summed E-state index contributed by atoms with van der Waals surface area (Å²) < 4.78 is 25.5. The van der Waals surface area contributed by atoms with Crippen LogP contribution in [0.2, 0.25) is 0 Å². The Morgan fingerprint density at radius 3 is 1.50 bits per heavy atom. The zero-order valence-corrected chi connectivity index (χ0v) is 19.1. The average molecular weight is 534 g/mol. The number of hydrogen-bond donors (Lipinski definition) is 5. The van der Waals surface area contributed by atoms with Gasteiger partial charge < -0.3 is 26.0 Å². The Labute approximate surface area is 205 Å². The number of carbonyl (C=O) groups excluding carboxylic acids is 2. The van der Waals surface area contributed by atoms with Crippen molar-refractivity contribution in [2.24, 2.45) is 0 Å². The van der Waals surface area contributed by atoms with E-state index >= 15 is 0 Å². The molecule has 0 saturated carbocycles. The van der Waals surface area contributed by atoms with Crippen LogP contribution in [0, 0.1) is 11.6 Å². The molecule has 0 aliphatic carbocycles. The Bertz CT molecular complexity index is 1600. The number of aromatic hydroxyl groups is 2. The fourth-order valence-corrected chi connectivity index (χ4v) is 5.07. The second-order valence-electron chi connectivity index (χ2n) is 7.23. The molecule has 0 aliphatic rings. The van der Waals surface area contributed by atoms with E-state index in [1.54, 1.807) is 0 Å². The van der Waals surface area contributed by atoms with Crippen LogP contribution in [0.15, 0.2) is 46.0 Å². The third-order valence-electron chi connectivity index (χ3n) is 4.93. The molecule has 10 nitrogen and oxygen atoms in total. The van der Waals surface area contributed by atoms with Gasteiger partial charge in [-0.3, -0.25) is 19.2 Å². The predicted molar refractivity (Wildman–Crippen MR) is 126 cm³/mol. The van der Waals surface area contributed by atoms with E-state index in [4.69, 9.17) is 0 Å². The quantitative estimate of drug-likeness (QED) is 0.242. The van der Waals surface area contributed by atoms with Gasteiger partial charge in [0, 0.05) is 20.2 Å². The lowest BCUT2D eigenvalue weighted by Gasteiger charge is -2.17. The van der Waals surface area contributed by atoms with Crippen molar-refractivity contribution in [3.63, 3.8) is 0 Å². The molecular formula is C22H12F2N2O8S2. The zero-order chi connectivity index (χ0) is 26.3. The summed E-state index contributed by atoms with van der Waals surface area (Å²) in [4.78, 5) is 61.8. The van der Waals surface area contributed by atoms with E-state index in [1.807, 2.05) is 10.6 Å². The fraction of sp³-hybridized carbons (Fsp3) is 0.0455. The molecule has 5 N–H and O–H groups in total. The maximum Gasteiger partial charge on any atom is 0.347 e. The van der Waals surface area contributed by atoms with E-state index in [9.17, 15) is 48.1 Å². The lowest BCUT2D eigenvalue weighted by atomic mass is 10.1. The molecule has 0 bridgehead atoms. The van der Waals surface area contributed by atoms with E-state index in [1.165, 1.54) is 12.1 Å². The molecule has 2 aromatic heterocycles. The van der Waals surface area contributed by atoms with Gasteiger partial charge in [-0.15, -0.1) is 0 Å². The summed E-state index contributed by atoms with van der Waals surface area (Å²) in [5.41, 5.74) is -1.79. The standard InChI is InChI=1S/C22H12F2N2O8S2/c23-7-1-3-11-9(5-7)15(27)13(21(33)35-11)18(29)25-17(20(31)32)26-19(30)14-16(28)10-6-8(24)2-4-12(10)36-22(14)34/h1-6,17,27-28H,(H,25,29)(H,26,30)(H,31,32). The van der Waals surface area contributed by atoms with E-state index in [2.05, 4.69) is 0 Å². The molecule has 4 aromatic rings. The highest BCUT2D eigenvalue weighted by Crippen LogP contribution is 2.30. The summed E-state index contributed by atoms with van der Waals surface area (Å²) in [6.45, 7) is 0. The third-order valence-corrected chi connectivity index (χ3v) is 6.86. The van der Waals surface area contributed by atoms with E-state index in [0.717, 1.165) is 24.3 Å². The van der Waals surface area contributed by atoms with Crippen molar-refractivity contribution >= 4 is 60.6 Å². The minimum atomic E-state index is -2.23. The number of carbonyl (C=O) groups is 3. The first kappa shape index (κ1) is 24.7. The molecule has 14 heteroatoms. The van der Waals surface area contributed by atoms with Crippen molar-refractivity contribution in [1.29, 1.82) is 0 Å². The maximum atomic E-state index is 13.6. The summed E-state index contributed by atoms with van der Waals surface area (Å²) in [5.74, 6) is -8.00. The topological polar surface area (TPSA) is 170 Å². The molecule has 184 valence electrons. The van der Waals surface area contributed by atoms with Gasteiger partial charge in [0.1, 0.15) is 34.3 Å². The normalized spacial score (nSPS) is 11.1. The molecule has 4 rings (SSSR count). The van der Waals surface area contributed by atoms with Gasteiger partial charge in [0.25, 0.3) is 11.8 Å².